The summed E-state index contributed by atoms with van der Waals surface area (Å²) >= 11 is 1.48. The van der Waals surface area contributed by atoms with E-state index < -0.39 is 0 Å². The first-order valence-corrected chi connectivity index (χ1v) is 8.15. The van der Waals surface area contributed by atoms with E-state index >= 15 is 0 Å². The molecule has 0 spiro atoms. The lowest BCUT2D eigenvalue weighted by atomic mass is 10.2. The highest BCUT2D eigenvalue weighted by Crippen LogP contribution is 2.24. The minimum Gasteiger partial charge on any atom is -0.374 e. The molecule has 6 heteroatoms. The van der Waals surface area contributed by atoms with Crippen molar-refractivity contribution in [3.63, 3.8) is 0 Å². The number of nitrogens with zero attached hydrogens (tertiary/aromatic N) is 4. The fourth-order valence-corrected chi connectivity index (χ4v) is 3.89. The van der Waals surface area contributed by atoms with Crippen LogP contribution in [0.2, 0.25) is 0 Å². The topological polar surface area (TPSA) is 44.3 Å². The van der Waals surface area contributed by atoms with Crippen LogP contribution in [0.5, 0.6) is 0 Å². The fourth-order valence-electron chi connectivity index (χ4n) is 3.25. The number of aromatic nitrogens is 2. The summed E-state index contributed by atoms with van der Waals surface area (Å²) in [4.78, 5) is 5.23. The maximum absolute atomic E-state index is 4.30. The summed E-state index contributed by atoms with van der Waals surface area (Å²) in [6.45, 7) is 8.97. The average Bonchev–Trinajstić information content (AvgIpc) is 2.97. The summed E-state index contributed by atoms with van der Waals surface area (Å²) < 4.78 is 4.09. The van der Waals surface area contributed by atoms with E-state index in [4.69, 9.17) is 0 Å². The van der Waals surface area contributed by atoms with Gasteiger partial charge in [-0.1, -0.05) is 4.49 Å². The molecule has 0 saturated carbocycles. The van der Waals surface area contributed by atoms with Gasteiger partial charge in [-0.05, 0) is 45.8 Å². The van der Waals surface area contributed by atoms with Gasteiger partial charge in [0.2, 0.25) is 0 Å². The Balaban J connectivity index is 1.63. The first kappa shape index (κ1) is 13.3. The van der Waals surface area contributed by atoms with Gasteiger partial charge >= 0.3 is 0 Å². The minimum absolute atomic E-state index is 0.775. The summed E-state index contributed by atoms with van der Waals surface area (Å²) in [5, 5.41) is 8.81. The summed E-state index contributed by atoms with van der Waals surface area (Å²) in [6.07, 6.45) is 4.02. The van der Waals surface area contributed by atoms with Crippen molar-refractivity contribution in [2.24, 2.45) is 0 Å². The van der Waals surface area contributed by atoms with Gasteiger partial charge in [0.15, 0.2) is 0 Å². The second-order valence-electron chi connectivity index (χ2n) is 5.50. The van der Waals surface area contributed by atoms with Gasteiger partial charge in [0.1, 0.15) is 10.7 Å². The number of hydrogen-bond acceptors (Lipinski definition) is 6. The molecule has 1 aromatic heterocycles. The summed E-state index contributed by atoms with van der Waals surface area (Å²) in [5.41, 5.74) is 1.12. The Bertz CT molecular complexity index is 407. The maximum Gasteiger partial charge on any atom is 0.134 e. The van der Waals surface area contributed by atoms with Gasteiger partial charge in [0.25, 0.3) is 0 Å². The smallest absolute Gasteiger partial charge is 0.134 e. The molecule has 2 saturated heterocycles. The highest BCUT2D eigenvalue weighted by molar-refractivity contribution is 7.10. The van der Waals surface area contributed by atoms with Gasteiger partial charge in [-0.3, -0.25) is 9.80 Å². The molecule has 5 nitrogen and oxygen atoms in total. The van der Waals surface area contributed by atoms with Crippen LogP contribution in [-0.2, 0) is 6.54 Å². The molecule has 3 rings (SSSR count). The van der Waals surface area contributed by atoms with Crippen molar-refractivity contribution in [2.45, 2.75) is 38.8 Å². The first-order chi connectivity index (χ1) is 9.36. The second kappa shape index (κ2) is 6.15. The van der Waals surface area contributed by atoms with Crippen molar-refractivity contribution >= 4 is 16.5 Å². The molecule has 19 heavy (non-hydrogen) atoms. The second-order valence-corrected chi connectivity index (χ2v) is 6.25. The highest BCUT2D eigenvalue weighted by atomic mass is 32.1. The third kappa shape index (κ3) is 3.07. The summed E-state index contributed by atoms with van der Waals surface area (Å²) in [6, 6.07) is 0.775. The minimum atomic E-state index is 0.775. The van der Waals surface area contributed by atoms with E-state index in [-0.39, 0.29) is 0 Å². The van der Waals surface area contributed by atoms with Crippen LogP contribution >= 0.6 is 11.5 Å². The van der Waals surface area contributed by atoms with Gasteiger partial charge in [-0.2, -0.15) is 0 Å². The molecule has 0 bridgehead atoms. The standard InChI is InChI=1S/C13H23N5S/c1-2-14-13-12(15-16-19-13)10-17-6-4-8-18-7-3-5-11(18)9-17/h11,14H,2-10H2,1H3. The molecule has 2 fully saturated rings. The predicted octanol–water partition coefficient (Wildman–Crippen LogP) is 1.64. The van der Waals surface area contributed by atoms with E-state index in [0.717, 1.165) is 29.8 Å². The lowest BCUT2D eigenvalue weighted by Gasteiger charge is -2.25. The predicted molar refractivity (Wildman–Crippen MR) is 78.6 cm³/mol. The lowest BCUT2D eigenvalue weighted by molar-refractivity contribution is 0.214. The van der Waals surface area contributed by atoms with Crippen LogP contribution in [0.1, 0.15) is 31.9 Å². The summed E-state index contributed by atoms with van der Waals surface area (Å²) in [5.74, 6) is 0. The number of fused-ring (bicyclic) bond motifs is 1. The van der Waals surface area contributed by atoms with Gasteiger partial charge in [-0.15, -0.1) is 5.10 Å². The van der Waals surface area contributed by atoms with Crippen LogP contribution in [0, 0.1) is 0 Å². The molecule has 2 aliphatic heterocycles. The largest absolute Gasteiger partial charge is 0.374 e. The Morgan fingerprint density at radius 1 is 1.32 bits per heavy atom. The molecular formula is C13H23N5S. The Labute approximate surface area is 119 Å². The summed E-state index contributed by atoms with van der Waals surface area (Å²) in [7, 11) is 0. The Morgan fingerprint density at radius 2 is 2.21 bits per heavy atom. The van der Waals surface area contributed by atoms with Gasteiger partial charge in [0.05, 0.1) is 0 Å². The first-order valence-electron chi connectivity index (χ1n) is 7.38. The molecule has 2 aliphatic rings. The van der Waals surface area contributed by atoms with Crippen molar-refractivity contribution in [2.75, 3.05) is 38.0 Å². The number of rotatable bonds is 4. The molecule has 1 unspecified atom stereocenters. The van der Waals surface area contributed by atoms with Crippen LogP contribution in [-0.4, -0.2) is 58.2 Å². The van der Waals surface area contributed by atoms with E-state index in [1.165, 1.54) is 57.0 Å². The van der Waals surface area contributed by atoms with Crippen LogP contribution in [0.3, 0.4) is 0 Å². The molecule has 0 aromatic carbocycles. The zero-order chi connectivity index (χ0) is 13.1. The van der Waals surface area contributed by atoms with Crippen molar-refractivity contribution in [1.82, 2.24) is 19.4 Å². The third-order valence-electron chi connectivity index (χ3n) is 4.15. The van der Waals surface area contributed by atoms with E-state index in [1.54, 1.807) is 0 Å². The van der Waals surface area contributed by atoms with Crippen LogP contribution in [0.4, 0.5) is 5.00 Å². The molecule has 1 atom stereocenters. The molecule has 0 aliphatic carbocycles. The van der Waals surface area contributed by atoms with Crippen molar-refractivity contribution in [1.29, 1.82) is 0 Å². The normalized spacial score (nSPS) is 25.2. The van der Waals surface area contributed by atoms with E-state index in [1.807, 2.05) is 0 Å². The molecule has 0 amide bonds. The highest BCUT2D eigenvalue weighted by Gasteiger charge is 2.29. The SMILES string of the molecule is CCNc1snnc1CN1CCCN2CCCC2C1. The van der Waals surface area contributed by atoms with E-state index in [2.05, 4.69) is 31.6 Å². The molecule has 3 heterocycles. The van der Waals surface area contributed by atoms with Crippen LogP contribution < -0.4 is 5.32 Å². The number of nitrogens with one attached hydrogen (secondary N) is 1. The van der Waals surface area contributed by atoms with Crippen molar-refractivity contribution in [3.05, 3.63) is 5.69 Å². The van der Waals surface area contributed by atoms with Crippen LogP contribution in [0.25, 0.3) is 0 Å². The van der Waals surface area contributed by atoms with Crippen LogP contribution in [0.15, 0.2) is 0 Å². The molecule has 1 N–H and O–H groups in total. The van der Waals surface area contributed by atoms with E-state index in [9.17, 15) is 0 Å². The Kier molecular flexibility index (Phi) is 4.30. The molecule has 106 valence electrons. The zero-order valence-electron chi connectivity index (χ0n) is 11.6. The average molecular weight is 281 g/mol. The molecule has 1 aromatic rings. The maximum atomic E-state index is 4.30. The Hall–Kier alpha value is -0.720. The fraction of sp³-hybridized carbons (Fsp3) is 0.846. The van der Waals surface area contributed by atoms with Crippen molar-refractivity contribution in [3.8, 4) is 0 Å². The lowest BCUT2D eigenvalue weighted by Crippen LogP contribution is -2.36. The van der Waals surface area contributed by atoms with Gasteiger partial charge in [0, 0.05) is 37.2 Å². The van der Waals surface area contributed by atoms with Gasteiger partial charge < -0.3 is 5.32 Å². The monoisotopic (exact) mass is 281 g/mol. The quantitative estimate of drug-likeness (QED) is 0.909. The third-order valence-corrected chi connectivity index (χ3v) is 4.88. The number of hydrogen-bond donors (Lipinski definition) is 1. The van der Waals surface area contributed by atoms with E-state index in [0.29, 0.717) is 0 Å². The zero-order valence-corrected chi connectivity index (χ0v) is 12.5. The molecular weight excluding hydrogens is 258 g/mol. The molecule has 0 radical (unpaired) electrons. The van der Waals surface area contributed by atoms with Gasteiger partial charge in [-0.25, -0.2) is 0 Å². The Morgan fingerprint density at radius 3 is 3.11 bits per heavy atom. The van der Waals surface area contributed by atoms with Crippen molar-refractivity contribution < 1.29 is 0 Å². The number of anilines is 1.